The summed E-state index contributed by atoms with van der Waals surface area (Å²) in [5, 5.41) is 2.64. The summed E-state index contributed by atoms with van der Waals surface area (Å²) in [6, 6.07) is 0. The Morgan fingerprint density at radius 2 is 0.515 bits per heavy atom. The monoisotopic (exact) mass is 1480 g/mol. The molecule has 0 saturated heterocycles. The molecule has 2 unspecified atom stereocenters. The summed E-state index contributed by atoms with van der Waals surface area (Å²) in [6.45, 7) is 16.0. The Morgan fingerprint density at radius 3 is 0.762 bits per heavy atom. The summed E-state index contributed by atoms with van der Waals surface area (Å²) < 4.78 is 25.0. The van der Waals surface area contributed by atoms with E-state index >= 15 is 0 Å². The normalized spacial score (nSPS) is 12.9. The summed E-state index contributed by atoms with van der Waals surface area (Å²) >= 11 is 9.05. The third-order valence-corrected chi connectivity index (χ3v) is 29.1. The molecule has 1 aromatic carbocycles. The minimum Gasteiger partial charge on any atom is -0.337 e. The maximum absolute atomic E-state index is 13.6. The lowest BCUT2D eigenvalue weighted by molar-refractivity contribution is 0.111. The lowest BCUT2D eigenvalue weighted by Crippen LogP contribution is -2.14. The highest BCUT2D eigenvalue weighted by Gasteiger charge is 2.33. The van der Waals surface area contributed by atoms with Crippen LogP contribution in [0, 0.1) is 11.8 Å². The third kappa shape index (κ3) is 25.7. The van der Waals surface area contributed by atoms with Gasteiger partial charge in [-0.2, -0.15) is 8.75 Å². The zero-order valence-electron chi connectivity index (χ0n) is 65.8. The number of aromatic nitrogens is 4. The molecule has 0 aliphatic rings. The first-order valence-electron chi connectivity index (χ1n) is 43.9. The van der Waals surface area contributed by atoms with Crippen LogP contribution in [-0.2, 0) is 25.9 Å². The molecule has 0 saturated carbocycles. The molecule has 0 radical (unpaired) electrons. The van der Waals surface area contributed by atoms with Gasteiger partial charge in [0, 0.05) is 23.9 Å². The summed E-state index contributed by atoms with van der Waals surface area (Å²) in [4.78, 5) is 29.1. The smallest absolute Gasteiger partial charge is 0.160 e. The van der Waals surface area contributed by atoms with Gasteiger partial charge in [-0.25, -0.2) is 0 Å². The molecule has 0 N–H and O–H groups in total. The molecule has 7 aromatic heterocycles. The molecule has 0 aliphatic carbocycles. The average Bonchev–Trinajstić information content (AvgIpc) is 1.51. The van der Waals surface area contributed by atoms with Gasteiger partial charge in [-0.3, -0.25) is 9.59 Å². The van der Waals surface area contributed by atoms with E-state index in [1.54, 1.807) is 0 Å². The first-order valence-corrected chi connectivity index (χ1v) is 47.9. The second-order valence-corrected chi connectivity index (χ2v) is 36.7. The second-order valence-electron chi connectivity index (χ2n) is 32.0. The van der Waals surface area contributed by atoms with Crippen molar-refractivity contribution < 1.29 is 9.59 Å². The summed E-state index contributed by atoms with van der Waals surface area (Å²) in [7, 11) is 0. The van der Waals surface area contributed by atoms with Crippen LogP contribution in [0.15, 0.2) is 0 Å². The zero-order valence-corrected chi connectivity index (χ0v) is 69.9. The molecule has 11 heteroatoms. The molecule has 101 heavy (non-hydrogen) atoms. The van der Waals surface area contributed by atoms with Crippen molar-refractivity contribution in [1.82, 2.24) is 17.9 Å². The van der Waals surface area contributed by atoms with Gasteiger partial charge in [-0.1, -0.05) is 375 Å². The predicted molar refractivity (Wildman–Crippen MR) is 457 cm³/mol. The molecule has 7 heterocycles. The maximum Gasteiger partial charge on any atom is 0.160 e. The topological polar surface area (TPSA) is 69.8 Å². The maximum atomic E-state index is 13.6. The van der Waals surface area contributed by atoms with Gasteiger partial charge in [-0.05, 0) is 74.3 Å². The van der Waals surface area contributed by atoms with Gasteiger partial charge in [0.2, 0.25) is 0 Å². The van der Waals surface area contributed by atoms with E-state index in [-0.39, 0.29) is 0 Å². The Balaban J connectivity index is 1.27. The molecular formula is C90H146N4O2S5. The minimum absolute atomic E-state index is 0.544. The molecule has 0 amide bonds. The molecule has 6 nitrogen and oxygen atoms in total. The fourth-order valence-corrected chi connectivity index (χ4v) is 23.6. The summed E-state index contributed by atoms with van der Waals surface area (Å²) in [5.41, 5.74) is 10.3. The lowest BCUT2D eigenvalue weighted by atomic mass is 9.93. The van der Waals surface area contributed by atoms with Crippen molar-refractivity contribution in [1.29, 1.82) is 0 Å². The van der Waals surface area contributed by atoms with Gasteiger partial charge in [0.25, 0.3) is 0 Å². The van der Waals surface area contributed by atoms with E-state index in [0.29, 0.717) is 11.8 Å². The van der Waals surface area contributed by atoms with Crippen molar-refractivity contribution >= 4 is 142 Å². The Morgan fingerprint density at radius 1 is 0.277 bits per heavy atom. The van der Waals surface area contributed by atoms with Gasteiger partial charge >= 0.3 is 0 Å². The van der Waals surface area contributed by atoms with Gasteiger partial charge in [0.1, 0.15) is 11.0 Å². The number of carbonyl (C=O) groups is 2. The van der Waals surface area contributed by atoms with Crippen LogP contribution in [0.1, 0.15) is 444 Å². The SMILES string of the molecule is CCCCCCCCCCCCC(CCCCCCCCCC)Cn1c2c3sc(C=O)c(CCCCCCCCCCC)c3sc2c2c3nsnc3c3c4sc5c(CCCCCCCCCCC)c(C=O)sc5c4n(CC(CCCCCCCCCC)CCCCCCCCCCCC)c3c21. The standard InChI is InChI=1S/C90H146N4O2S5/c1-7-13-19-25-31-37-41-45-51-57-63-71(61-55-49-43-35-29-23-17-11-5)67-93-81-77(87-83(93)89-85(99-87)73(75(69-95)97-89)65-59-53-47-39-33-27-21-15-9-3)79-80(92-101-91-79)78-82(81)94(68-72(62-56-50-44-36-30-24-18-12-6)64-58-52-46-42-38-32-26-20-14-8-2)84-88(78)100-86-74(76(70-96)98-90(84)86)66-60-54-48-40-34-28-22-16-10-4/h69-72H,7-68H2,1-6H3. The minimum atomic E-state index is 0.544. The fraction of sp³-hybridized carbons (Fsp3) is 0.778. The van der Waals surface area contributed by atoms with E-state index in [4.69, 9.17) is 8.75 Å². The third-order valence-electron chi connectivity index (χ3n) is 23.5. The van der Waals surface area contributed by atoms with Crippen molar-refractivity contribution in [3.8, 4) is 0 Å². The summed E-state index contributed by atoms with van der Waals surface area (Å²) in [6.07, 6.45) is 81.7. The van der Waals surface area contributed by atoms with E-state index in [1.807, 2.05) is 45.3 Å². The first kappa shape index (κ1) is 83.9. The van der Waals surface area contributed by atoms with Crippen LogP contribution in [0.4, 0.5) is 0 Å². The molecule has 0 spiro atoms. The zero-order chi connectivity index (χ0) is 70.9. The van der Waals surface area contributed by atoms with Crippen LogP contribution in [0.3, 0.4) is 0 Å². The number of unbranched alkanes of at least 4 members (excludes halogenated alkanes) is 48. The highest BCUT2D eigenvalue weighted by atomic mass is 32.1. The van der Waals surface area contributed by atoms with E-state index in [1.165, 1.54) is 456 Å². The van der Waals surface area contributed by atoms with E-state index in [9.17, 15) is 9.59 Å². The first-order chi connectivity index (χ1) is 50.0. The number of nitrogens with zero attached hydrogens (tertiary/aromatic N) is 4. The van der Waals surface area contributed by atoms with Gasteiger partial charge in [0.05, 0.1) is 71.7 Å². The van der Waals surface area contributed by atoms with Crippen LogP contribution in [0.5, 0.6) is 0 Å². The molecule has 0 aliphatic heterocycles. The number of aryl methyl sites for hydroxylation is 2. The molecule has 0 fully saturated rings. The van der Waals surface area contributed by atoms with Crippen molar-refractivity contribution in [2.45, 2.75) is 440 Å². The van der Waals surface area contributed by atoms with Gasteiger partial charge in [0.15, 0.2) is 12.6 Å². The Hall–Kier alpha value is -2.70. The van der Waals surface area contributed by atoms with Crippen LogP contribution in [-0.4, -0.2) is 30.5 Å². The van der Waals surface area contributed by atoms with Crippen LogP contribution < -0.4 is 0 Å². The highest BCUT2D eigenvalue weighted by molar-refractivity contribution is 7.35. The second kappa shape index (κ2) is 50.0. The van der Waals surface area contributed by atoms with E-state index < -0.39 is 0 Å². The van der Waals surface area contributed by atoms with E-state index in [0.717, 1.165) is 59.6 Å². The number of fused-ring (bicyclic) bond motifs is 14. The lowest BCUT2D eigenvalue weighted by Gasteiger charge is -2.22. The van der Waals surface area contributed by atoms with Crippen molar-refractivity contribution in [2.75, 3.05) is 0 Å². The Bertz CT molecular complexity index is 3280. The molecule has 2 atom stereocenters. The van der Waals surface area contributed by atoms with E-state index in [2.05, 4.69) is 50.7 Å². The largest absolute Gasteiger partial charge is 0.337 e. The highest BCUT2D eigenvalue weighted by Crippen LogP contribution is 2.55. The van der Waals surface area contributed by atoms with Crippen LogP contribution in [0.2, 0.25) is 0 Å². The molecule has 568 valence electrons. The van der Waals surface area contributed by atoms with Crippen LogP contribution in [0.25, 0.3) is 72.1 Å². The molecule has 0 bridgehead atoms. The van der Waals surface area contributed by atoms with Crippen molar-refractivity contribution in [3.63, 3.8) is 0 Å². The molecule has 8 aromatic rings. The van der Waals surface area contributed by atoms with Crippen molar-refractivity contribution in [2.24, 2.45) is 11.8 Å². The Kier molecular flexibility index (Phi) is 41.6. The molecule has 8 rings (SSSR count). The summed E-state index contributed by atoms with van der Waals surface area (Å²) in [5.74, 6) is 1.09. The van der Waals surface area contributed by atoms with Gasteiger partial charge < -0.3 is 9.13 Å². The number of rotatable bonds is 66. The van der Waals surface area contributed by atoms with Gasteiger partial charge in [-0.15, -0.1) is 45.3 Å². The molecular weight excluding hydrogens is 1330 g/mol. The number of carbonyl (C=O) groups excluding carboxylic acids is 2. The average molecular weight is 1480 g/mol. The number of hydrogen-bond donors (Lipinski definition) is 0. The van der Waals surface area contributed by atoms with Crippen molar-refractivity contribution in [3.05, 3.63) is 20.9 Å². The number of aldehydes is 2. The predicted octanol–water partition coefficient (Wildman–Crippen LogP) is 33.1. The number of hydrogen-bond acceptors (Lipinski definition) is 9. The number of thiophene rings is 4. The number of benzene rings is 1. The fourth-order valence-electron chi connectivity index (χ4n) is 17.4. The van der Waals surface area contributed by atoms with Crippen LogP contribution >= 0.6 is 57.1 Å². The quantitative estimate of drug-likeness (QED) is 0.0281. The Labute approximate surface area is 637 Å².